The first-order valence-corrected chi connectivity index (χ1v) is 8.59. The van der Waals surface area contributed by atoms with Crippen molar-refractivity contribution in [3.63, 3.8) is 0 Å². The fourth-order valence-corrected chi connectivity index (χ4v) is 4.22. The van der Waals surface area contributed by atoms with E-state index in [9.17, 15) is 5.26 Å². The zero-order chi connectivity index (χ0) is 14.4. The summed E-state index contributed by atoms with van der Waals surface area (Å²) >= 11 is 0. The van der Waals surface area contributed by atoms with Gasteiger partial charge < -0.3 is 4.90 Å². The maximum atomic E-state index is 9.31. The first kappa shape index (κ1) is 15.8. The highest BCUT2D eigenvalue weighted by atomic mass is 15.2. The third-order valence-electron chi connectivity index (χ3n) is 5.29. The minimum absolute atomic E-state index is 0.337. The van der Waals surface area contributed by atoms with Crippen molar-refractivity contribution in [1.82, 2.24) is 10.2 Å². The minimum atomic E-state index is -0.337. The van der Waals surface area contributed by atoms with Gasteiger partial charge in [-0.1, -0.05) is 19.8 Å². The molecule has 1 saturated carbocycles. The van der Waals surface area contributed by atoms with Gasteiger partial charge in [-0.25, -0.2) is 0 Å². The minimum Gasteiger partial charge on any atom is -0.300 e. The number of piperidine rings is 1. The van der Waals surface area contributed by atoms with Gasteiger partial charge >= 0.3 is 0 Å². The van der Waals surface area contributed by atoms with Crippen LogP contribution in [-0.2, 0) is 0 Å². The lowest BCUT2D eigenvalue weighted by atomic mass is 9.78. The molecular weight excluding hydrogens is 246 g/mol. The van der Waals surface area contributed by atoms with E-state index in [1.165, 1.54) is 51.6 Å². The summed E-state index contributed by atoms with van der Waals surface area (Å²) in [7, 11) is 0. The average Bonchev–Trinajstić information content (AvgIpc) is 2.48. The quantitative estimate of drug-likeness (QED) is 0.809. The molecule has 1 heterocycles. The van der Waals surface area contributed by atoms with E-state index in [-0.39, 0.29) is 5.54 Å². The number of hydrogen-bond donors (Lipinski definition) is 1. The van der Waals surface area contributed by atoms with Crippen LogP contribution in [0.25, 0.3) is 0 Å². The van der Waals surface area contributed by atoms with E-state index < -0.39 is 0 Å². The summed E-state index contributed by atoms with van der Waals surface area (Å²) in [6.07, 6.45) is 10.7. The summed E-state index contributed by atoms with van der Waals surface area (Å²) in [6.45, 7) is 7.46. The molecule has 2 fully saturated rings. The molecule has 0 aromatic carbocycles. The normalized spacial score (nSPS) is 30.2. The zero-order valence-electron chi connectivity index (χ0n) is 13.3. The molecule has 0 spiro atoms. The van der Waals surface area contributed by atoms with Crippen molar-refractivity contribution < 1.29 is 0 Å². The van der Waals surface area contributed by atoms with Crippen molar-refractivity contribution in [3.8, 4) is 6.07 Å². The summed E-state index contributed by atoms with van der Waals surface area (Å²) in [5.41, 5.74) is -0.337. The van der Waals surface area contributed by atoms with E-state index in [0.717, 1.165) is 31.3 Å². The molecule has 20 heavy (non-hydrogen) atoms. The molecule has 3 unspecified atom stereocenters. The lowest BCUT2D eigenvalue weighted by molar-refractivity contribution is 0.0585. The summed E-state index contributed by atoms with van der Waals surface area (Å²) in [5, 5.41) is 12.6. The number of nitriles is 1. The summed E-state index contributed by atoms with van der Waals surface area (Å²) in [5.74, 6) is 0.966. The van der Waals surface area contributed by atoms with E-state index in [2.05, 4.69) is 23.2 Å². The van der Waals surface area contributed by atoms with Crippen LogP contribution >= 0.6 is 0 Å². The molecule has 3 heteroatoms. The molecule has 0 amide bonds. The second kappa shape index (κ2) is 7.43. The van der Waals surface area contributed by atoms with Gasteiger partial charge in [0, 0.05) is 6.04 Å². The summed E-state index contributed by atoms with van der Waals surface area (Å²) in [6, 6.07) is 3.30. The Bertz CT molecular complexity index is 334. The highest BCUT2D eigenvalue weighted by molar-refractivity contribution is 5.03. The second-order valence-electron chi connectivity index (χ2n) is 6.87. The van der Waals surface area contributed by atoms with Gasteiger partial charge in [0.15, 0.2) is 0 Å². The van der Waals surface area contributed by atoms with Crippen LogP contribution in [0.1, 0.15) is 65.2 Å². The molecule has 114 valence electrons. The maximum Gasteiger partial charge on any atom is 0.103 e. The molecule has 1 saturated heterocycles. The Balaban J connectivity index is 1.79. The molecule has 1 aliphatic heterocycles. The smallest absolute Gasteiger partial charge is 0.103 e. The molecule has 2 aliphatic rings. The Labute approximate surface area is 124 Å². The zero-order valence-corrected chi connectivity index (χ0v) is 13.3. The van der Waals surface area contributed by atoms with Crippen LogP contribution in [0.3, 0.4) is 0 Å². The van der Waals surface area contributed by atoms with Gasteiger partial charge in [0.25, 0.3) is 0 Å². The Morgan fingerprint density at radius 3 is 2.75 bits per heavy atom. The largest absolute Gasteiger partial charge is 0.300 e. The van der Waals surface area contributed by atoms with E-state index in [1.54, 1.807) is 0 Å². The summed E-state index contributed by atoms with van der Waals surface area (Å²) in [4.78, 5) is 2.73. The van der Waals surface area contributed by atoms with Crippen molar-refractivity contribution in [2.24, 2.45) is 5.92 Å². The van der Waals surface area contributed by atoms with E-state index >= 15 is 0 Å². The number of nitrogens with one attached hydrogen (secondary N) is 1. The van der Waals surface area contributed by atoms with Crippen molar-refractivity contribution in [1.29, 1.82) is 5.26 Å². The molecule has 3 nitrogen and oxygen atoms in total. The Hall–Kier alpha value is -0.590. The van der Waals surface area contributed by atoms with Crippen LogP contribution in [0.5, 0.6) is 0 Å². The van der Waals surface area contributed by atoms with Gasteiger partial charge in [0.2, 0.25) is 0 Å². The number of hydrogen-bond acceptors (Lipinski definition) is 3. The van der Waals surface area contributed by atoms with Crippen LogP contribution in [0.4, 0.5) is 0 Å². The highest BCUT2D eigenvalue weighted by Gasteiger charge is 2.33. The Morgan fingerprint density at radius 1 is 1.25 bits per heavy atom. The van der Waals surface area contributed by atoms with Gasteiger partial charge in [-0.05, 0) is 71.0 Å². The number of rotatable bonds is 6. The molecular formula is C17H31N3. The van der Waals surface area contributed by atoms with Gasteiger partial charge in [-0.3, -0.25) is 5.32 Å². The lowest BCUT2D eigenvalue weighted by Gasteiger charge is -2.44. The van der Waals surface area contributed by atoms with E-state index in [0.29, 0.717) is 0 Å². The van der Waals surface area contributed by atoms with Crippen molar-refractivity contribution in [2.75, 3.05) is 19.6 Å². The fourth-order valence-electron chi connectivity index (χ4n) is 4.22. The van der Waals surface area contributed by atoms with Crippen LogP contribution in [-0.4, -0.2) is 36.1 Å². The van der Waals surface area contributed by atoms with Gasteiger partial charge in [0.1, 0.15) is 5.54 Å². The highest BCUT2D eigenvalue weighted by Crippen LogP contribution is 2.35. The molecule has 0 aromatic heterocycles. The Morgan fingerprint density at radius 2 is 2.00 bits per heavy atom. The third kappa shape index (κ3) is 3.96. The molecule has 1 aliphatic carbocycles. The van der Waals surface area contributed by atoms with Crippen LogP contribution in [0, 0.1) is 17.2 Å². The van der Waals surface area contributed by atoms with Gasteiger partial charge in [0.05, 0.1) is 6.07 Å². The monoisotopic (exact) mass is 277 g/mol. The SMILES string of the molecule is CCNC(C)(C#N)CCCN1CCCC2CCCCC21. The second-order valence-corrected chi connectivity index (χ2v) is 6.87. The fraction of sp³-hybridized carbons (Fsp3) is 0.941. The van der Waals surface area contributed by atoms with Crippen molar-refractivity contribution >= 4 is 0 Å². The predicted molar refractivity (Wildman–Crippen MR) is 83.5 cm³/mol. The van der Waals surface area contributed by atoms with Crippen LogP contribution < -0.4 is 5.32 Å². The molecule has 2 rings (SSSR count). The van der Waals surface area contributed by atoms with Crippen LogP contribution in [0.15, 0.2) is 0 Å². The standard InChI is InChI=1S/C17H31N3/c1-3-19-17(2,14-18)11-7-13-20-12-6-9-15-8-4-5-10-16(15)20/h15-16,19H,3-13H2,1-2H3. The average molecular weight is 277 g/mol. The predicted octanol–water partition coefficient (Wildman–Crippen LogP) is 3.31. The van der Waals surface area contributed by atoms with Crippen LogP contribution in [0.2, 0.25) is 0 Å². The number of fused-ring (bicyclic) bond motifs is 1. The van der Waals surface area contributed by atoms with Crippen molar-refractivity contribution in [3.05, 3.63) is 0 Å². The van der Waals surface area contributed by atoms with E-state index in [1.807, 2.05) is 6.92 Å². The molecule has 0 aromatic rings. The van der Waals surface area contributed by atoms with Gasteiger partial charge in [-0.2, -0.15) is 5.26 Å². The first-order valence-electron chi connectivity index (χ1n) is 8.59. The van der Waals surface area contributed by atoms with Gasteiger partial charge in [-0.15, -0.1) is 0 Å². The first-order chi connectivity index (χ1) is 9.68. The number of nitrogens with zero attached hydrogens (tertiary/aromatic N) is 2. The number of likely N-dealkylation sites (tertiary alicyclic amines) is 1. The molecule has 3 atom stereocenters. The Kier molecular flexibility index (Phi) is 5.86. The summed E-state index contributed by atoms with van der Waals surface area (Å²) < 4.78 is 0. The van der Waals surface area contributed by atoms with E-state index in [4.69, 9.17) is 0 Å². The molecule has 1 N–H and O–H groups in total. The maximum absolute atomic E-state index is 9.31. The van der Waals surface area contributed by atoms with Crippen molar-refractivity contribution in [2.45, 2.75) is 76.8 Å². The topological polar surface area (TPSA) is 39.1 Å². The lowest BCUT2D eigenvalue weighted by Crippen LogP contribution is -2.47. The molecule has 0 bridgehead atoms. The third-order valence-corrected chi connectivity index (χ3v) is 5.29. The molecule has 0 radical (unpaired) electrons.